The summed E-state index contributed by atoms with van der Waals surface area (Å²) in [7, 11) is 0. The smallest absolute Gasteiger partial charge is 0.0682 e. The van der Waals surface area contributed by atoms with E-state index in [4.69, 9.17) is 5.73 Å². The van der Waals surface area contributed by atoms with Crippen molar-refractivity contribution in [3.63, 3.8) is 0 Å². The zero-order chi connectivity index (χ0) is 10.7. The molecular formula is C11H12BrN3. The van der Waals surface area contributed by atoms with E-state index in [2.05, 4.69) is 38.3 Å². The van der Waals surface area contributed by atoms with Crippen LogP contribution in [0.4, 0.5) is 0 Å². The van der Waals surface area contributed by atoms with E-state index >= 15 is 0 Å². The third-order valence-electron chi connectivity index (χ3n) is 2.26. The van der Waals surface area contributed by atoms with Gasteiger partial charge in [0.15, 0.2) is 0 Å². The second-order valence-corrected chi connectivity index (χ2v) is 4.23. The van der Waals surface area contributed by atoms with Crippen LogP contribution in [0.25, 0.3) is 11.3 Å². The lowest BCUT2D eigenvalue weighted by atomic mass is 10.1. The average molecular weight is 266 g/mol. The van der Waals surface area contributed by atoms with Gasteiger partial charge < -0.3 is 5.73 Å². The number of halogens is 1. The standard InChI is InChI=1S/C11H12BrN3/c12-10-3-1-8(2-4-10)11-9(5-6-13)7-14-15-11/h1-4,7H,5-6,13H2,(H,14,15). The highest BCUT2D eigenvalue weighted by Crippen LogP contribution is 2.23. The number of aromatic amines is 1. The Morgan fingerprint density at radius 1 is 1.27 bits per heavy atom. The van der Waals surface area contributed by atoms with Crippen molar-refractivity contribution in [2.45, 2.75) is 6.42 Å². The average Bonchev–Trinajstić information content (AvgIpc) is 2.68. The first-order valence-electron chi connectivity index (χ1n) is 4.79. The number of benzene rings is 1. The van der Waals surface area contributed by atoms with Crippen LogP contribution in [0.15, 0.2) is 34.9 Å². The van der Waals surface area contributed by atoms with Gasteiger partial charge in [-0.1, -0.05) is 28.1 Å². The number of aromatic nitrogens is 2. The number of nitrogens with two attached hydrogens (primary N) is 1. The van der Waals surface area contributed by atoms with E-state index in [1.54, 1.807) is 0 Å². The minimum atomic E-state index is 0.642. The van der Waals surface area contributed by atoms with Gasteiger partial charge in [0, 0.05) is 4.47 Å². The second kappa shape index (κ2) is 4.59. The molecular weight excluding hydrogens is 254 g/mol. The number of nitrogens with one attached hydrogen (secondary N) is 1. The van der Waals surface area contributed by atoms with E-state index in [1.807, 2.05) is 18.3 Å². The topological polar surface area (TPSA) is 54.7 Å². The third-order valence-corrected chi connectivity index (χ3v) is 2.79. The lowest BCUT2D eigenvalue weighted by Crippen LogP contribution is -2.02. The molecule has 0 atom stereocenters. The molecule has 0 saturated carbocycles. The van der Waals surface area contributed by atoms with Gasteiger partial charge in [-0.2, -0.15) is 5.10 Å². The summed E-state index contributed by atoms with van der Waals surface area (Å²) in [6.45, 7) is 0.642. The highest BCUT2D eigenvalue weighted by molar-refractivity contribution is 9.10. The van der Waals surface area contributed by atoms with Crippen LogP contribution in [-0.4, -0.2) is 16.7 Å². The molecule has 0 amide bonds. The van der Waals surface area contributed by atoms with Crippen molar-refractivity contribution in [3.05, 3.63) is 40.5 Å². The molecule has 1 aromatic carbocycles. The fourth-order valence-electron chi connectivity index (χ4n) is 1.52. The van der Waals surface area contributed by atoms with Crippen LogP contribution in [0.3, 0.4) is 0 Å². The van der Waals surface area contributed by atoms with E-state index in [0.717, 1.165) is 22.2 Å². The van der Waals surface area contributed by atoms with Gasteiger partial charge in [0.25, 0.3) is 0 Å². The lowest BCUT2D eigenvalue weighted by Gasteiger charge is -2.01. The predicted molar refractivity (Wildman–Crippen MR) is 64.5 cm³/mol. The Kier molecular flexibility index (Phi) is 3.18. The molecule has 0 spiro atoms. The van der Waals surface area contributed by atoms with E-state index in [9.17, 15) is 0 Å². The highest BCUT2D eigenvalue weighted by Gasteiger charge is 2.06. The summed E-state index contributed by atoms with van der Waals surface area (Å²) in [6.07, 6.45) is 2.69. The van der Waals surface area contributed by atoms with Gasteiger partial charge in [0.05, 0.1) is 11.9 Å². The number of nitrogens with zero attached hydrogens (tertiary/aromatic N) is 1. The molecule has 15 heavy (non-hydrogen) atoms. The number of hydrogen-bond acceptors (Lipinski definition) is 2. The number of H-pyrrole nitrogens is 1. The summed E-state index contributed by atoms with van der Waals surface area (Å²) in [6, 6.07) is 8.14. The predicted octanol–water partition coefficient (Wildman–Crippen LogP) is 2.34. The van der Waals surface area contributed by atoms with Gasteiger partial charge in [0.2, 0.25) is 0 Å². The van der Waals surface area contributed by atoms with Crippen molar-refractivity contribution in [2.24, 2.45) is 5.73 Å². The zero-order valence-corrected chi connectivity index (χ0v) is 9.79. The van der Waals surface area contributed by atoms with Crippen LogP contribution in [0.1, 0.15) is 5.56 Å². The maximum atomic E-state index is 5.54. The molecule has 4 heteroatoms. The molecule has 0 unspecified atom stereocenters. The largest absolute Gasteiger partial charge is 0.330 e. The highest BCUT2D eigenvalue weighted by atomic mass is 79.9. The number of rotatable bonds is 3. The Hall–Kier alpha value is -1.13. The van der Waals surface area contributed by atoms with E-state index in [-0.39, 0.29) is 0 Å². The van der Waals surface area contributed by atoms with Gasteiger partial charge >= 0.3 is 0 Å². The molecule has 2 aromatic rings. The van der Waals surface area contributed by atoms with Gasteiger partial charge in [-0.3, -0.25) is 5.10 Å². The molecule has 1 heterocycles. The van der Waals surface area contributed by atoms with Crippen LogP contribution in [0, 0.1) is 0 Å². The van der Waals surface area contributed by atoms with Gasteiger partial charge in [-0.05, 0) is 36.2 Å². The maximum Gasteiger partial charge on any atom is 0.0682 e. The monoisotopic (exact) mass is 265 g/mol. The molecule has 78 valence electrons. The van der Waals surface area contributed by atoms with E-state index < -0.39 is 0 Å². The zero-order valence-electron chi connectivity index (χ0n) is 8.20. The van der Waals surface area contributed by atoms with Crippen molar-refractivity contribution >= 4 is 15.9 Å². The molecule has 0 aliphatic carbocycles. The minimum Gasteiger partial charge on any atom is -0.330 e. The first kappa shape index (κ1) is 10.4. The van der Waals surface area contributed by atoms with Crippen molar-refractivity contribution < 1.29 is 0 Å². The summed E-state index contributed by atoms with van der Waals surface area (Å²) in [5.41, 5.74) is 8.91. The first-order valence-corrected chi connectivity index (χ1v) is 5.59. The minimum absolute atomic E-state index is 0.642. The normalized spacial score (nSPS) is 10.5. The summed E-state index contributed by atoms with van der Waals surface area (Å²) in [4.78, 5) is 0. The van der Waals surface area contributed by atoms with Crippen molar-refractivity contribution in [3.8, 4) is 11.3 Å². The molecule has 3 nitrogen and oxygen atoms in total. The van der Waals surface area contributed by atoms with Crippen molar-refractivity contribution in [2.75, 3.05) is 6.54 Å². The number of hydrogen-bond donors (Lipinski definition) is 2. The summed E-state index contributed by atoms with van der Waals surface area (Å²) < 4.78 is 1.08. The van der Waals surface area contributed by atoms with Crippen LogP contribution in [0.2, 0.25) is 0 Å². The van der Waals surface area contributed by atoms with Crippen LogP contribution < -0.4 is 5.73 Å². The molecule has 2 rings (SSSR count). The fraction of sp³-hybridized carbons (Fsp3) is 0.182. The molecule has 3 N–H and O–H groups in total. The molecule has 0 aliphatic heterocycles. The van der Waals surface area contributed by atoms with E-state index in [1.165, 1.54) is 5.56 Å². The van der Waals surface area contributed by atoms with E-state index in [0.29, 0.717) is 6.54 Å². The van der Waals surface area contributed by atoms with Crippen LogP contribution >= 0.6 is 15.9 Å². The summed E-state index contributed by atoms with van der Waals surface area (Å²) in [5, 5.41) is 7.05. The van der Waals surface area contributed by atoms with Gasteiger partial charge in [-0.15, -0.1) is 0 Å². The Balaban J connectivity index is 2.36. The molecule has 1 aromatic heterocycles. The molecule has 0 saturated heterocycles. The first-order chi connectivity index (χ1) is 7.31. The third kappa shape index (κ3) is 2.27. The van der Waals surface area contributed by atoms with Crippen molar-refractivity contribution in [1.29, 1.82) is 0 Å². The summed E-state index contributed by atoms with van der Waals surface area (Å²) >= 11 is 3.41. The van der Waals surface area contributed by atoms with Gasteiger partial charge in [0.1, 0.15) is 0 Å². The van der Waals surface area contributed by atoms with Gasteiger partial charge in [-0.25, -0.2) is 0 Å². The quantitative estimate of drug-likeness (QED) is 0.895. The van der Waals surface area contributed by atoms with Crippen LogP contribution in [0.5, 0.6) is 0 Å². The Labute approximate surface area is 96.8 Å². The molecule has 0 bridgehead atoms. The van der Waals surface area contributed by atoms with Crippen LogP contribution in [-0.2, 0) is 6.42 Å². The Morgan fingerprint density at radius 3 is 2.67 bits per heavy atom. The SMILES string of the molecule is NCCc1cn[nH]c1-c1ccc(Br)cc1. The fourth-order valence-corrected chi connectivity index (χ4v) is 1.79. The Bertz CT molecular complexity index is 433. The Morgan fingerprint density at radius 2 is 2.00 bits per heavy atom. The lowest BCUT2D eigenvalue weighted by molar-refractivity contribution is 0.972. The maximum absolute atomic E-state index is 5.54. The molecule has 0 radical (unpaired) electrons. The van der Waals surface area contributed by atoms with Crippen molar-refractivity contribution in [1.82, 2.24) is 10.2 Å². The second-order valence-electron chi connectivity index (χ2n) is 3.32. The summed E-state index contributed by atoms with van der Waals surface area (Å²) in [5.74, 6) is 0. The molecule has 0 fully saturated rings. The molecule has 0 aliphatic rings.